The topological polar surface area (TPSA) is 118 Å². The van der Waals surface area contributed by atoms with Crippen LogP contribution >= 0.6 is 11.6 Å². The zero-order valence-corrected chi connectivity index (χ0v) is 25.0. The summed E-state index contributed by atoms with van der Waals surface area (Å²) < 4.78 is 44.4. The summed E-state index contributed by atoms with van der Waals surface area (Å²) in [4.78, 5) is 13.2. The second-order valence-corrected chi connectivity index (χ2v) is 11.7. The number of aliphatic hydroxyl groups excluding tert-OH is 2. The molecule has 0 unspecified atom stereocenters. The van der Waals surface area contributed by atoms with Crippen molar-refractivity contribution in [1.29, 1.82) is 5.41 Å². The molecule has 2 aliphatic heterocycles. The van der Waals surface area contributed by atoms with Crippen molar-refractivity contribution in [1.82, 2.24) is 20.2 Å². The lowest BCUT2D eigenvalue weighted by Crippen LogP contribution is -2.61. The highest BCUT2D eigenvalue weighted by molar-refractivity contribution is 6.33. The standard InChI is InChI=1S/C29H38ClF3N6O3/c1-17-25(24(18(2)34)19(3)40)36-26(22-11-21(5-6-23(22)30)42-13-20(41)12-35-4)37-27(17)39-14-28(15-39)7-9-38(10-8-28)16-29(31,32)33/h5-6,11,20,34-35,40-41H,7-10,12-16H2,1-4H3/b24-19+,34-18?/t20-/m1/s1. The molecule has 4 N–H and O–H groups in total. The molecule has 42 heavy (non-hydrogen) atoms. The first kappa shape index (κ1) is 32.0. The number of hydrogen-bond donors (Lipinski definition) is 4. The Balaban J connectivity index is 1.66. The molecule has 13 heteroatoms. The molecule has 9 nitrogen and oxygen atoms in total. The number of hydrogen-bond acceptors (Lipinski definition) is 9. The lowest BCUT2D eigenvalue weighted by atomic mass is 9.72. The van der Waals surface area contributed by atoms with Crippen LogP contribution in [0.25, 0.3) is 17.0 Å². The van der Waals surface area contributed by atoms with Crippen molar-refractivity contribution in [3.63, 3.8) is 0 Å². The van der Waals surface area contributed by atoms with Crippen LogP contribution in [0.4, 0.5) is 19.0 Å². The molecule has 1 atom stereocenters. The van der Waals surface area contributed by atoms with Gasteiger partial charge >= 0.3 is 6.18 Å². The molecule has 2 saturated heterocycles. The summed E-state index contributed by atoms with van der Waals surface area (Å²) in [5, 5.41) is 32.1. The highest BCUT2D eigenvalue weighted by atomic mass is 35.5. The quantitative estimate of drug-likeness (QED) is 0.223. The number of likely N-dealkylation sites (tertiary alicyclic amines) is 1. The minimum absolute atomic E-state index is 0.0555. The Morgan fingerprint density at radius 1 is 1.21 bits per heavy atom. The zero-order valence-electron chi connectivity index (χ0n) is 24.3. The summed E-state index contributed by atoms with van der Waals surface area (Å²) in [5.41, 5.74) is 1.88. The van der Waals surface area contributed by atoms with E-state index in [1.54, 1.807) is 32.2 Å². The zero-order chi connectivity index (χ0) is 30.8. The van der Waals surface area contributed by atoms with Gasteiger partial charge < -0.3 is 30.6 Å². The van der Waals surface area contributed by atoms with E-state index >= 15 is 0 Å². The number of anilines is 1. The predicted molar refractivity (Wildman–Crippen MR) is 158 cm³/mol. The SMILES string of the molecule is CNC[C@@H](O)COc1ccc(Cl)c(-c2nc(/C(C(C)=N)=C(\C)O)c(C)c(N3CC4(CCN(CC(F)(F)F)CC4)C3)n2)c1. The van der Waals surface area contributed by atoms with Crippen molar-refractivity contribution >= 4 is 28.7 Å². The lowest BCUT2D eigenvalue weighted by Gasteiger charge is -2.55. The first-order valence-corrected chi connectivity index (χ1v) is 14.2. The van der Waals surface area contributed by atoms with E-state index < -0.39 is 18.8 Å². The third-order valence-electron chi connectivity index (χ3n) is 7.83. The second-order valence-electron chi connectivity index (χ2n) is 11.3. The van der Waals surface area contributed by atoms with Crippen LogP contribution in [0.5, 0.6) is 5.75 Å². The van der Waals surface area contributed by atoms with Gasteiger partial charge in [-0.25, -0.2) is 9.97 Å². The Morgan fingerprint density at radius 3 is 2.45 bits per heavy atom. The third kappa shape index (κ3) is 7.34. The summed E-state index contributed by atoms with van der Waals surface area (Å²) in [6.45, 7) is 6.49. The van der Waals surface area contributed by atoms with Crippen LogP contribution in [0, 0.1) is 17.7 Å². The number of allylic oxidation sites excluding steroid dienone is 2. The molecule has 1 aromatic carbocycles. The highest BCUT2D eigenvalue weighted by Gasteiger charge is 2.47. The number of nitrogens with one attached hydrogen (secondary N) is 2. The van der Waals surface area contributed by atoms with Crippen molar-refractivity contribution in [3.8, 4) is 17.1 Å². The minimum atomic E-state index is -4.21. The molecule has 2 aliphatic rings. The van der Waals surface area contributed by atoms with E-state index in [1.165, 1.54) is 11.8 Å². The van der Waals surface area contributed by atoms with Gasteiger partial charge in [0.15, 0.2) is 5.82 Å². The molecule has 2 fully saturated rings. The number of nitrogens with zero attached hydrogens (tertiary/aromatic N) is 4. The number of aromatic nitrogens is 2. The fourth-order valence-electron chi connectivity index (χ4n) is 5.72. The fourth-order valence-corrected chi connectivity index (χ4v) is 5.92. The number of piperidine rings is 1. The van der Waals surface area contributed by atoms with Gasteiger partial charge in [-0.05, 0) is 71.9 Å². The van der Waals surface area contributed by atoms with Crippen molar-refractivity contribution in [2.24, 2.45) is 5.41 Å². The molecule has 1 spiro atoms. The largest absolute Gasteiger partial charge is 0.512 e. The van der Waals surface area contributed by atoms with E-state index in [4.69, 9.17) is 31.7 Å². The third-order valence-corrected chi connectivity index (χ3v) is 8.16. The number of benzene rings is 1. The van der Waals surface area contributed by atoms with Gasteiger partial charge in [-0.15, -0.1) is 0 Å². The molecule has 0 saturated carbocycles. The van der Waals surface area contributed by atoms with Gasteiger partial charge in [0.2, 0.25) is 0 Å². The second kappa shape index (κ2) is 12.7. The molecular formula is C29H38ClF3N6O3. The normalized spacial score (nSPS) is 18.5. The Labute approximate surface area is 248 Å². The van der Waals surface area contributed by atoms with Crippen LogP contribution in [-0.2, 0) is 0 Å². The van der Waals surface area contributed by atoms with Gasteiger partial charge in [0, 0.05) is 41.9 Å². The molecule has 230 valence electrons. The first-order valence-electron chi connectivity index (χ1n) is 13.9. The summed E-state index contributed by atoms with van der Waals surface area (Å²) in [7, 11) is 1.73. The Hall–Kier alpha value is -2.93. The van der Waals surface area contributed by atoms with Gasteiger partial charge in [-0.2, -0.15) is 13.2 Å². The van der Waals surface area contributed by atoms with E-state index in [1.807, 2.05) is 6.92 Å². The number of aliphatic hydroxyl groups is 2. The van der Waals surface area contributed by atoms with Crippen LogP contribution in [0.2, 0.25) is 5.02 Å². The monoisotopic (exact) mass is 610 g/mol. The van der Waals surface area contributed by atoms with Crippen LogP contribution in [0.15, 0.2) is 24.0 Å². The van der Waals surface area contributed by atoms with E-state index in [2.05, 4.69) is 10.2 Å². The Kier molecular flexibility index (Phi) is 9.71. The average molecular weight is 611 g/mol. The van der Waals surface area contributed by atoms with Gasteiger partial charge in [0.25, 0.3) is 0 Å². The first-order chi connectivity index (χ1) is 19.7. The van der Waals surface area contributed by atoms with E-state index in [0.717, 1.165) is 0 Å². The molecule has 0 aliphatic carbocycles. The van der Waals surface area contributed by atoms with Crippen molar-refractivity contribution in [2.45, 2.75) is 45.9 Å². The van der Waals surface area contributed by atoms with E-state index in [0.29, 0.717) is 79.0 Å². The number of rotatable bonds is 10. The lowest BCUT2D eigenvalue weighted by molar-refractivity contribution is -0.151. The van der Waals surface area contributed by atoms with Crippen LogP contribution < -0.4 is 15.0 Å². The summed E-state index contributed by atoms with van der Waals surface area (Å²) >= 11 is 6.60. The summed E-state index contributed by atoms with van der Waals surface area (Å²) in [6.07, 6.45) is -3.60. The molecule has 3 heterocycles. The number of likely N-dealkylation sites (N-methyl/N-ethyl adjacent to an activating group) is 1. The summed E-state index contributed by atoms with van der Waals surface area (Å²) in [5.74, 6) is 1.30. The predicted octanol–water partition coefficient (Wildman–Crippen LogP) is 4.86. The molecule has 4 rings (SSSR count). The van der Waals surface area contributed by atoms with Gasteiger partial charge in [-0.3, -0.25) is 4.90 Å². The van der Waals surface area contributed by atoms with Crippen molar-refractivity contribution < 1.29 is 28.1 Å². The van der Waals surface area contributed by atoms with Crippen molar-refractivity contribution in [3.05, 3.63) is 40.2 Å². The van der Waals surface area contributed by atoms with Crippen LogP contribution in [-0.4, -0.2) is 96.0 Å². The average Bonchev–Trinajstić information content (AvgIpc) is 2.88. The molecular weight excluding hydrogens is 573 g/mol. The molecule has 0 radical (unpaired) electrons. The molecule has 2 aromatic rings. The van der Waals surface area contributed by atoms with Crippen LogP contribution in [0.1, 0.15) is 37.9 Å². The fraction of sp³-hybridized carbons (Fsp3) is 0.552. The molecule has 0 amide bonds. The molecule has 0 bridgehead atoms. The van der Waals surface area contributed by atoms with E-state index in [-0.39, 0.29) is 34.9 Å². The van der Waals surface area contributed by atoms with Gasteiger partial charge in [-0.1, -0.05) is 11.6 Å². The van der Waals surface area contributed by atoms with Crippen LogP contribution in [0.3, 0.4) is 0 Å². The van der Waals surface area contributed by atoms with E-state index in [9.17, 15) is 23.4 Å². The minimum Gasteiger partial charge on any atom is -0.512 e. The Bertz CT molecular complexity index is 1330. The molecule has 1 aromatic heterocycles. The smallest absolute Gasteiger partial charge is 0.401 e. The number of halogens is 4. The highest BCUT2D eigenvalue weighted by Crippen LogP contribution is 2.44. The van der Waals surface area contributed by atoms with Gasteiger partial charge in [0.1, 0.15) is 30.0 Å². The maximum atomic E-state index is 12.9. The number of ether oxygens (including phenoxy) is 1. The van der Waals surface area contributed by atoms with Crippen molar-refractivity contribution in [2.75, 3.05) is 57.8 Å². The van der Waals surface area contributed by atoms with Gasteiger partial charge in [0.05, 0.1) is 22.8 Å². The summed E-state index contributed by atoms with van der Waals surface area (Å²) in [6, 6.07) is 5.03. The number of alkyl halides is 3. The maximum absolute atomic E-state index is 12.9. The Morgan fingerprint density at radius 2 is 1.88 bits per heavy atom. The maximum Gasteiger partial charge on any atom is 0.401 e.